The van der Waals surface area contributed by atoms with E-state index in [4.69, 9.17) is 10.5 Å². The molecule has 0 atom stereocenters. The van der Waals surface area contributed by atoms with Crippen LogP contribution in [0, 0.1) is 6.92 Å². The minimum absolute atomic E-state index is 0.0155. The number of rotatable bonds is 6. The van der Waals surface area contributed by atoms with E-state index in [1.807, 2.05) is 31.2 Å². The van der Waals surface area contributed by atoms with Crippen molar-refractivity contribution in [1.29, 1.82) is 0 Å². The van der Waals surface area contributed by atoms with Crippen molar-refractivity contribution >= 4 is 35.1 Å². The molecule has 0 aliphatic heterocycles. The molecule has 0 spiro atoms. The summed E-state index contributed by atoms with van der Waals surface area (Å²) in [6.07, 6.45) is 0. The summed E-state index contributed by atoms with van der Waals surface area (Å²) in [4.78, 5) is 35.6. The molecule has 0 radical (unpaired) electrons. The number of nitrogens with two attached hydrogens (primary N) is 1. The molecule has 0 fully saturated rings. The van der Waals surface area contributed by atoms with E-state index >= 15 is 0 Å². The topological polar surface area (TPSA) is 132 Å². The normalized spacial score (nSPS) is 10.3. The summed E-state index contributed by atoms with van der Waals surface area (Å²) in [5.41, 5.74) is 8.52. The third-order valence-corrected chi connectivity index (χ3v) is 3.86. The van der Waals surface area contributed by atoms with Crippen LogP contribution in [0.2, 0.25) is 0 Å². The molecule has 1 aromatic heterocycles. The molecule has 3 rings (SSSR count). The summed E-state index contributed by atoms with van der Waals surface area (Å²) in [5, 5.41) is 5.70. The molecule has 4 N–H and O–H groups in total. The minimum Gasteiger partial charge on any atom is -0.454 e. The van der Waals surface area contributed by atoms with Gasteiger partial charge in [-0.25, -0.2) is 4.79 Å². The van der Waals surface area contributed by atoms with E-state index in [-0.39, 0.29) is 30.2 Å². The number of carbonyl (C=O) groups is 2. The number of hydrogen-bond acceptors (Lipinski definition) is 8. The predicted molar refractivity (Wildman–Crippen MR) is 109 cm³/mol. The molecule has 0 saturated carbocycles. The number of hydrogen-bond donors (Lipinski definition) is 3. The van der Waals surface area contributed by atoms with Crippen LogP contribution in [0.5, 0.6) is 0 Å². The maximum absolute atomic E-state index is 12.2. The molecule has 1 amide bonds. The van der Waals surface area contributed by atoms with Crippen LogP contribution in [-0.4, -0.2) is 26.8 Å². The number of nitrogens with zero attached hydrogens (tertiary/aromatic N) is 3. The Balaban J connectivity index is 1.65. The van der Waals surface area contributed by atoms with E-state index in [1.165, 1.54) is 6.92 Å². The summed E-state index contributed by atoms with van der Waals surface area (Å²) in [5.74, 6) is -0.245. The summed E-state index contributed by atoms with van der Waals surface area (Å²) >= 11 is 0. The van der Waals surface area contributed by atoms with Gasteiger partial charge < -0.3 is 21.1 Å². The molecule has 0 aliphatic rings. The molecule has 3 aromatic rings. The lowest BCUT2D eigenvalue weighted by Crippen LogP contribution is -2.11. The molecule has 29 heavy (non-hydrogen) atoms. The van der Waals surface area contributed by atoms with Crippen LogP contribution in [0.4, 0.5) is 23.3 Å². The van der Waals surface area contributed by atoms with Gasteiger partial charge in [0, 0.05) is 18.3 Å². The number of para-hydroxylation sites is 1. The number of nitrogens with one attached hydrogen (secondary N) is 2. The van der Waals surface area contributed by atoms with Gasteiger partial charge in [0.25, 0.3) is 0 Å². The van der Waals surface area contributed by atoms with Crippen LogP contribution in [0.15, 0.2) is 48.5 Å². The molecule has 0 saturated heterocycles. The average molecular weight is 392 g/mol. The highest BCUT2D eigenvalue weighted by atomic mass is 16.5. The first-order chi connectivity index (χ1) is 13.9. The van der Waals surface area contributed by atoms with E-state index in [1.54, 1.807) is 24.3 Å². The van der Waals surface area contributed by atoms with Crippen molar-refractivity contribution in [2.45, 2.75) is 20.5 Å². The third kappa shape index (κ3) is 5.48. The second-order valence-corrected chi connectivity index (χ2v) is 6.21. The number of carbonyl (C=O) groups excluding carboxylic acids is 2. The molecule has 1 heterocycles. The summed E-state index contributed by atoms with van der Waals surface area (Å²) in [7, 11) is 0. The van der Waals surface area contributed by atoms with Gasteiger partial charge in [-0.15, -0.1) is 0 Å². The SMILES string of the molecule is CC(=O)Nc1ccc(C(=O)OCc2nc(N)nc(Nc3ccccc3C)n2)cc1. The van der Waals surface area contributed by atoms with Crippen LogP contribution in [0.25, 0.3) is 0 Å². The Bertz CT molecular complexity index is 1040. The van der Waals surface area contributed by atoms with Crippen LogP contribution >= 0.6 is 0 Å². The summed E-state index contributed by atoms with van der Waals surface area (Å²) in [6.45, 7) is 3.19. The molecule has 9 nitrogen and oxygen atoms in total. The van der Waals surface area contributed by atoms with Crippen LogP contribution < -0.4 is 16.4 Å². The van der Waals surface area contributed by atoms with E-state index in [2.05, 4.69) is 25.6 Å². The van der Waals surface area contributed by atoms with E-state index in [9.17, 15) is 9.59 Å². The zero-order valence-electron chi connectivity index (χ0n) is 16.0. The Morgan fingerprint density at radius 3 is 2.45 bits per heavy atom. The van der Waals surface area contributed by atoms with Crippen LogP contribution in [0.1, 0.15) is 28.7 Å². The first-order valence-electron chi connectivity index (χ1n) is 8.78. The van der Waals surface area contributed by atoms with Crippen LogP contribution in [-0.2, 0) is 16.1 Å². The fourth-order valence-corrected chi connectivity index (χ4v) is 2.50. The quantitative estimate of drug-likeness (QED) is 0.546. The highest BCUT2D eigenvalue weighted by Crippen LogP contribution is 2.18. The van der Waals surface area contributed by atoms with Crippen molar-refractivity contribution < 1.29 is 14.3 Å². The van der Waals surface area contributed by atoms with Crippen molar-refractivity contribution in [3.8, 4) is 0 Å². The van der Waals surface area contributed by atoms with E-state index in [0.29, 0.717) is 11.3 Å². The molecule has 0 bridgehead atoms. The second kappa shape index (κ2) is 8.79. The van der Waals surface area contributed by atoms with Gasteiger partial charge >= 0.3 is 5.97 Å². The lowest BCUT2D eigenvalue weighted by Gasteiger charge is -2.10. The molecule has 0 aliphatic carbocycles. The largest absolute Gasteiger partial charge is 0.454 e. The molecule has 2 aromatic carbocycles. The Kier molecular flexibility index (Phi) is 5.98. The monoisotopic (exact) mass is 392 g/mol. The Labute approximate surface area is 167 Å². The maximum Gasteiger partial charge on any atom is 0.338 e. The van der Waals surface area contributed by atoms with Crippen molar-refractivity contribution in [3.63, 3.8) is 0 Å². The number of benzene rings is 2. The van der Waals surface area contributed by atoms with Crippen molar-refractivity contribution in [1.82, 2.24) is 15.0 Å². The number of anilines is 4. The highest BCUT2D eigenvalue weighted by molar-refractivity contribution is 5.92. The second-order valence-electron chi connectivity index (χ2n) is 6.21. The maximum atomic E-state index is 12.2. The Morgan fingerprint density at radius 1 is 1.03 bits per heavy atom. The van der Waals surface area contributed by atoms with Gasteiger partial charge in [-0.3, -0.25) is 4.79 Å². The standard InChI is InChI=1S/C20H20N6O3/c1-12-5-3-4-6-16(12)23-20-25-17(24-19(21)26-20)11-29-18(28)14-7-9-15(10-8-14)22-13(2)27/h3-10H,11H2,1-2H3,(H,22,27)(H3,21,23,24,25,26). The van der Waals surface area contributed by atoms with Gasteiger partial charge in [0.05, 0.1) is 5.56 Å². The fourth-order valence-electron chi connectivity index (χ4n) is 2.50. The number of ether oxygens (including phenoxy) is 1. The Hall–Kier alpha value is -4.01. The predicted octanol–water partition coefficient (Wildman–Crippen LogP) is 2.82. The Morgan fingerprint density at radius 2 is 1.76 bits per heavy atom. The molecule has 0 unspecified atom stereocenters. The van der Waals surface area contributed by atoms with Gasteiger partial charge in [0.1, 0.15) is 0 Å². The first-order valence-corrected chi connectivity index (χ1v) is 8.78. The number of aryl methyl sites for hydroxylation is 1. The highest BCUT2D eigenvalue weighted by Gasteiger charge is 2.11. The number of amides is 1. The lowest BCUT2D eigenvalue weighted by atomic mass is 10.2. The van der Waals surface area contributed by atoms with Gasteiger partial charge in [-0.1, -0.05) is 18.2 Å². The van der Waals surface area contributed by atoms with E-state index < -0.39 is 5.97 Å². The van der Waals surface area contributed by atoms with Gasteiger partial charge in [-0.05, 0) is 42.8 Å². The average Bonchev–Trinajstić information content (AvgIpc) is 2.68. The number of nitrogen functional groups attached to an aromatic ring is 1. The third-order valence-electron chi connectivity index (χ3n) is 3.86. The lowest BCUT2D eigenvalue weighted by molar-refractivity contribution is -0.114. The zero-order valence-corrected chi connectivity index (χ0v) is 16.0. The smallest absolute Gasteiger partial charge is 0.338 e. The molecule has 148 valence electrons. The molecule has 9 heteroatoms. The van der Waals surface area contributed by atoms with Gasteiger partial charge in [-0.2, -0.15) is 15.0 Å². The van der Waals surface area contributed by atoms with Gasteiger partial charge in [0.15, 0.2) is 12.4 Å². The fraction of sp³-hybridized carbons (Fsp3) is 0.150. The van der Waals surface area contributed by atoms with Crippen molar-refractivity contribution in [3.05, 3.63) is 65.5 Å². The van der Waals surface area contributed by atoms with Crippen molar-refractivity contribution in [2.24, 2.45) is 0 Å². The van der Waals surface area contributed by atoms with Crippen LogP contribution in [0.3, 0.4) is 0 Å². The van der Waals surface area contributed by atoms with E-state index in [0.717, 1.165) is 11.3 Å². The number of esters is 1. The van der Waals surface area contributed by atoms with Crippen molar-refractivity contribution in [2.75, 3.05) is 16.4 Å². The number of aromatic nitrogens is 3. The zero-order chi connectivity index (χ0) is 20.8. The molecular formula is C20H20N6O3. The first kappa shape index (κ1) is 19.7. The molecular weight excluding hydrogens is 372 g/mol. The minimum atomic E-state index is -0.549. The van der Waals surface area contributed by atoms with Gasteiger partial charge in [0.2, 0.25) is 17.8 Å². The summed E-state index contributed by atoms with van der Waals surface area (Å²) < 4.78 is 5.26. The summed E-state index contributed by atoms with van der Waals surface area (Å²) in [6, 6.07) is 14.0.